The Kier molecular flexibility index (Phi) is 37.7. The molecule has 10 heteroatoms. The van der Waals surface area contributed by atoms with E-state index in [2.05, 4.69) is 74.6 Å². The molecular formula is C43H76NO8P. The van der Waals surface area contributed by atoms with Gasteiger partial charge in [0.25, 0.3) is 0 Å². The van der Waals surface area contributed by atoms with Crippen LogP contribution in [0.1, 0.15) is 168 Å². The van der Waals surface area contributed by atoms with Crippen molar-refractivity contribution in [3.8, 4) is 0 Å². The summed E-state index contributed by atoms with van der Waals surface area (Å²) in [6, 6.07) is 0. The van der Waals surface area contributed by atoms with Gasteiger partial charge in [0.2, 0.25) is 0 Å². The van der Waals surface area contributed by atoms with Crippen LogP contribution in [0.4, 0.5) is 0 Å². The first-order chi connectivity index (χ1) is 25.8. The fourth-order valence-corrected chi connectivity index (χ4v) is 6.03. The topological polar surface area (TPSA) is 134 Å². The Morgan fingerprint density at radius 2 is 1.00 bits per heavy atom. The second-order valence-corrected chi connectivity index (χ2v) is 14.9. The van der Waals surface area contributed by atoms with Gasteiger partial charge in [0.15, 0.2) is 6.10 Å². The summed E-state index contributed by atoms with van der Waals surface area (Å²) in [4.78, 5) is 34.8. The average Bonchev–Trinajstić information content (AvgIpc) is 3.14. The molecule has 3 N–H and O–H groups in total. The molecule has 0 bridgehead atoms. The predicted molar refractivity (Wildman–Crippen MR) is 219 cm³/mol. The zero-order chi connectivity index (χ0) is 38.9. The van der Waals surface area contributed by atoms with Crippen molar-refractivity contribution in [3.05, 3.63) is 60.8 Å². The number of unbranched alkanes of at least 4 members (excludes halogenated alkanes) is 15. The number of carbonyl (C=O) groups excluding carboxylic acids is 2. The first kappa shape index (κ1) is 50.7. The summed E-state index contributed by atoms with van der Waals surface area (Å²) in [5.74, 6) is -0.910. The van der Waals surface area contributed by atoms with Gasteiger partial charge in [-0.2, -0.15) is 0 Å². The molecule has 0 saturated carbocycles. The van der Waals surface area contributed by atoms with Gasteiger partial charge >= 0.3 is 19.8 Å². The molecule has 0 fully saturated rings. The summed E-state index contributed by atoms with van der Waals surface area (Å²) in [6.07, 6.45) is 45.4. The fraction of sp³-hybridized carbons (Fsp3) is 0.721. The lowest BCUT2D eigenvalue weighted by Gasteiger charge is -2.19. The van der Waals surface area contributed by atoms with E-state index in [1.165, 1.54) is 64.2 Å². The third-order valence-corrected chi connectivity index (χ3v) is 9.36. The Morgan fingerprint density at radius 1 is 0.566 bits per heavy atom. The zero-order valence-electron chi connectivity index (χ0n) is 33.5. The van der Waals surface area contributed by atoms with E-state index in [1.54, 1.807) is 0 Å². The number of allylic oxidation sites excluding steroid dienone is 10. The highest BCUT2D eigenvalue weighted by Crippen LogP contribution is 2.43. The maximum Gasteiger partial charge on any atom is 0.472 e. The molecule has 306 valence electrons. The van der Waals surface area contributed by atoms with Gasteiger partial charge < -0.3 is 20.1 Å². The maximum atomic E-state index is 12.5. The Balaban J connectivity index is 4.30. The van der Waals surface area contributed by atoms with Crippen LogP contribution in [0.25, 0.3) is 0 Å². The number of carbonyl (C=O) groups is 2. The number of esters is 2. The van der Waals surface area contributed by atoms with Crippen molar-refractivity contribution in [1.29, 1.82) is 0 Å². The van der Waals surface area contributed by atoms with E-state index in [4.69, 9.17) is 24.3 Å². The van der Waals surface area contributed by atoms with Gasteiger partial charge in [-0.1, -0.05) is 139 Å². The van der Waals surface area contributed by atoms with Crippen LogP contribution in [-0.4, -0.2) is 49.3 Å². The Bertz CT molecular complexity index is 1050. The second kappa shape index (κ2) is 39.4. The van der Waals surface area contributed by atoms with Crippen LogP contribution >= 0.6 is 7.82 Å². The highest BCUT2D eigenvalue weighted by molar-refractivity contribution is 7.47. The lowest BCUT2D eigenvalue weighted by molar-refractivity contribution is -0.161. The van der Waals surface area contributed by atoms with Crippen LogP contribution in [0.3, 0.4) is 0 Å². The van der Waals surface area contributed by atoms with Crippen LogP contribution in [0.2, 0.25) is 0 Å². The molecule has 0 saturated heterocycles. The molecule has 0 radical (unpaired) electrons. The number of nitrogens with two attached hydrogens (primary N) is 1. The van der Waals surface area contributed by atoms with Crippen molar-refractivity contribution in [1.82, 2.24) is 0 Å². The minimum atomic E-state index is -4.39. The number of ether oxygens (including phenoxy) is 2. The summed E-state index contributed by atoms with van der Waals surface area (Å²) >= 11 is 0. The van der Waals surface area contributed by atoms with Crippen molar-refractivity contribution in [3.63, 3.8) is 0 Å². The monoisotopic (exact) mass is 766 g/mol. The van der Waals surface area contributed by atoms with E-state index in [1.807, 2.05) is 0 Å². The Hall–Kier alpha value is -2.29. The van der Waals surface area contributed by atoms with E-state index in [9.17, 15) is 19.0 Å². The van der Waals surface area contributed by atoms with Gasteiger partial charge in [0, 0.05) is 19.4 Å². The molecular weight excluding hydrogens is 689 g/mol. The van der Waals surface area contributed by atoms with Gasteiger partial charge in [0.1, 0.15) is 6.61 Å². The lowest BCUT2D eigenvalue weighted by Crippen LogP contribution is -2.29. The minimum absolute atomic E-state index is 0.0420. The molecule has 0 aliphatic rings. The van der Waals surface area contributed by atoms with Crippen LogP contribution in [0, 0.1) is 0 Å². The van der Waals surface area contributed by atoms with Gasteiger partial charge in [-0.05, 0) is 77.0 Å². The predicted octanol–water partition coefficient (Wildman–Crippen LogP) is 11.7. The second-order valence-electron chi connectivity index (χ2n) is 13.5. The average molecular weight is 766 g/mol. The van der Waals surface area contributed by atoms with Gasteiger partial charge in [0.05, 0.1) is 13.2 Å². The van der Waals surface area contributed by atoms with E-state index in [0.29, 0.717) is 12.8 Å². The largest absolute Gasteiger partial charge is 0.472 e. The zero-order valence-corrected chi connectivity index (χ0v) is 34.4. The summed E-state index contributed by atoms with van der Waals surface area (Å²) < 4.78 is 32.7. The number of hydrogen-bond donors (Lipinski definition) is 2. The van der Waals surface area contributed by atoms with E-state index in [0.717, 1.165) is 64.2 Å². The third-order valence-electron chi connectivity index (χ3n) is 8.38. The molecule has 9 nitrogen and oxygen atoms in total. The maximum absolute atomic E-state index is 12.5. The summed E-state index contributed by atoms with van der Waals surface area (Å²) in [5.41, 5.74) is 5.34. The molecule has 53 heavy (non-hydrogen) atoms. The highest BCUT2D eigenvalue weighted by Gasteiger charge is 2.25. The fourth-order valence-electron chi connectivity index (χ4n) is 5.27. The number of rotatable bonds is 38. The van der Waals surface area contributed by atoms with Crippen molar-refractivity contribution in [2.24, 2.45) is 5.73 Å². The van der Waals surface area contributed by atoms with Crippen molar-refractivity contribution in [2.75, 3.05) is 26.4 Å². The molecule has 0 heterocycles. The van der Waals surface area contributed by atoms with Crippen molar-refractivity contribution < 1.29 is 37.6 Å². The molecule has 0 aliphatic heterocycles. The minimum Gasteiger partial charge on any atom is -0.462 e. The highest BCUT2D eigenvalue weighted by atomic mass is 31.2. The van der Waals surface area contributed by atoms with Gasteiger partial charge in [-0.25, -0.2) is 4.57 Å². The summed E-state index contributed by atoms with van der Waals surface area (Å²) in [6.45, 7) is 3.61. The smallest absolute Gasteiger partial charge is 0.462 e. The van der Waals surface area contributed by atoms with Crippen LogP contribution in [-0.2, 0) is 32.7 Å². The van der Waals surface area contributed by atoms with Crippen LogP contribution in [0.5, 0.6) is 0 Å². The SMILES string of the molecule is CCCCC/C=C\C/C=C\CCCCCCCC(=O)O[C@H](COC(=O)CCC/C=C\C/C=C\C/C=C\CCCCCCCC)COP(=O)(O)OCCN. The summed E-state index contributed by atoms with van der Waals surface area (Å²) in [7, 11) is -4.39. The van der Waals surface area contributed by atoms with Crippen LogP contribution < -0.4 is 5.73 Å². The Morgan fingerprint density at radius 3 is 1.55 bits per heavy atom. The van der Waals surface area contributed by atoms with Gasteiger partial charge in [-0.15, -0.1) is 0 Å². The molecule has 0 aliphatic carbocycles. The molecule has 0 aromatic rings. The molecule has 0 spiro atoms. The standard InChI is InChI=1S/C43H76NO8P/c1-3-5-7-9-11-13-15-17-19-20-22-23-25-27-29-31-33-35-42(45)49-39-41(40-51-53(47,48)50-38-37-44)52-43(46)36-34-32-30-28-26-24-21-18-16-14-12-10-8-6-4-2/h12,14,17-19,21-23,27,29,41H,3-11,13,15-16,20,24-26,28,30-40,44H2,1-2H3,(H,47,48)/b14-12-,19-17-,21-18-,23-22-,29-27-/t41-/m1/s1. The molecule has 0 aromatic carbocycles. The first-order valence-corrected chi connectivity index (χ1v) is 22.3. The number of phosphoric ester groups is 1. The van der Waals surface area contributed by atoms with Crippen molar-refractivity contribution >= 4 is 19.8 Å². The summed E-state index contributed by atoms with van der Waals surface area (Å²) in [5, 5.41) is 0. The van der Waals surface area contributed by atoms with E-state index < -0.39 is 32.5 Å². The number of phosphoric acid groups is 1. The van der Waals surface area contributed by atoms with Gasteiger partial charge in [-0.3, -0.25) is 18.6 Å². The molecule has 0 rings (SSSR count). The third kappa shape index (κ3) is 39.2. The van der Waals surface area contributed by atoms with Crippen LogP contribution in [0.15, 0.2) is 60.8 Å². The molecule has 1 unspecified atom stereocenters. The molecule has 0 aromatic heterocycles. The molecule has 2 atom stereocenters. The molecule has 0 amide bonds. The normalized spacial score (nSPS) is 14.0. The lowest BCUT2D eigenvalue weighted by atomic mass is 10.1. The quantitative estimate of drug-likeness (QED) is 0.0272. The van der Waals surface area contributed by atoms with E-state index >= 15 is 0 Å². The number of hydrogen-bond acceptors (Lipinski definition) is 8. The first-order valence-electron chi connectivity index (χ1n) is 20.8. The Labute approximate surface area is 323 Å². The van der Waals surface area contributed by atoms with E-state index in [-0.39, 0.29) is 32.6 Å². The van der Waals surface area contributed by atoms with Crippen molar-refractivity contribution in [2.45, 2.75) is 174 Å².